The van der Waals surface area contributed by atoms with E-state index in [4.69, 9.17) is 0 Å². The highest BCUT2D eigenvalue weighted by atomic mass is 15.0. The zero-order chi connectivity index (χ0) is 32.2. The SMILES string of the molecule is N#Cc1cc(-c2ccccc2-n2c3ccccc3c3ccccc32)ccc1-c1cccc(-n2c3ccccc3c3c(C#N)cccc32)c1. The van der Waals surface area contributed by atoms with E-state index in [9.17, 15) is 10.5 Å². The number of hydrogen-bond donors (Lipinski definition) is 0. The summed E-state index contributed by atoms with van der Waals surface area (Å²) in [5.74, 6) is 0. The molecule has 0 aliphatic heterocycles. The van der Waals surface area contributed by atoms with Crippen LogP contribution in [0.5, 0.6) is 0 Å². The number of nitrogens with zero attached hydrogens (tertiary/aromatic N) is 4. The van der Waals surface area contributed by atoms with E-state index in [1.807, 2.05) is 36.4 Å². The molecule has 0 saturated carbocycles. The molecule has 222 valence electrons. The Morgan fingerprint density at radius 3 is 1.71 bits per heavy atom. The summed E-state index contributed by atoms with van der Waals surface area (Å²) in [5, 5.41) is 24.8. The topological polar surface area (TPSA) is 57.4 Å². The van der Waals surface area contributed by atoms with Crippen molar-refractivity contribution in [2.75, 3.05) is 0 Å². The third-order valence-electron chi connectivity index (χ3n) is 9.41. The van der Waals surface area contributed by atoms with Crippen molar-refractivity contribution in [1.29, 1.82) is 10.5 Å². The summed E-state index contributed by atoms with van der Waals surface area (Å²) in [7, 11) is 0. The second-order valence-corrected chi connectivity index (χ2v) is 12.0. The Kier molecular flexibility index (Phi) is 6.22. The lowest BCUT2D eigenvalue weighted by Crippen LogP contribution is -1.98. The molecule has 9 aromatic rings. The van der Waals surface area contributed by atoms with Crippen LogP contribution >= 0.6 is 0 Å². The molecule has 0 N–H and O–H groups in total. The monoisotopic (exact) mass is 610 g/mol. The molecule has 0 unspecified atom stereocenters. The van der Waals surface area contributed by atoms with Crippen LogP contribution in [0.4, 0.5) is 0 Å². The normalized spacial score (nSPS) is 11.3. The Balaban J connectivity index is 1.19. The van der Waals surface area contributed by atoms with Crippen LogP contribution in [-0.4, -0.2) is 9.13 Å². The number of hydrogen-bond acceptors (Lipinski definition) is 2. The molecule has 0 spiro atoms. The molecule has 2 aromatic heterocycles. The maximum Gasteiger partial charge on any atom is 0.0998 e. The van der Waals surface area contributed by atoms with E-state index in [0.717, 1.165) is 66.5 Å². The van der Waals surface area contributed by atoms with Crippen molar-refractivity contribution in [1.82, 2.24) is 9.13 Å². The van der Waals surface area contributed by atoms with Gasteiger partial charge in [-0.2, -0.15) is 10.5 Å². The molecular weight excluding hydrogens is 585 g/mol. The first-order chi connectivity index (χ1) is 23.7. The molecular formula is C44H26N4. The summed E-state index contributed by atoms with van der Waals surface area (Å²) in [6.45, 7) is 0. The summed E-state index contributed by atoms with van der Waals surface area (Å²) in [6.07, 6.45) is 0. The summed E-state index contributed by atoms with van der Waals surface area (Å²) >= 11 is 0. The summed E-state index contributed by atoms with van der Waals surface area (Å²) < 4.78 is 4.53. The predicted octanol–water partition coefficient (Wildman–Crippen LogP) is 11.0. The molecule has 4 nitrogen and oxygen atoms in total. The Bertz CT molecular complexity index is 2760. The van der Waals surface area contributed by atoms with Crippen LogP contribution in [0.15, 0.2) is 158 Å². The van der Waals surface area contributed by atoms with Gasteiger partial charge in [-0.05, 0) is 71.3 Å². The Labute approximate surface area is 277 Å². The van der Waals surface area contributed by atoms with Crippen LogP contribution in [0.25, 0.3) is 77.2 Å². The van der Waals surface area contributed by atoms with Gasteiger partial charge in [-0.3, -0.25) is 0 Å². The smallest absolute Gasteiger partial charge is 0.0998 e. The van der Waals surface area contributed by atoms with Crippen LogP contribution in [0.2, 0.25) is 0 Å². The largest absolute Gasteiger partial charge is 0.309 e. The number of nitriles is 2. The number of fused-ring (bicyclic) bond motifs is 6. The first-order valence-corrected chi connectivity index (χ1v) is 15.9. The van der Waals surface area contributed by atoms with Gasteiger partial charge in [0.1, 0.15) is 0 Å². The molecule has 0 amide bonds. The van der Waals surface area contributed by atoms with Crippen molar-refractivity contribution in [2.45, 2.75) is 0 Å². The lowest BCUT2D eigenvalue weighted by atomic mass is 9.94. The zero-order valence-electron chi connectivity index (χ0n) is 25.8. The minimum absolute atomic E-state index is 0.607. The van der Waals surface area contributed by atoms with Gasteiger partial charge in [-0.1, -0.05) is 103 Å². The molecule has 0 saturated heterocycles. The van der Waals surface area contributed by atoms with Gasteiger partial charge in [0.2, 0.25) is 0 Å². The summed E-state index contributed by atoms with van der Waals surface area (Å²) in [4.78, 5) is 0. The van der Waals surface area contributed by atoms with Gasteiger partial charge in [0.05, 0.1) is 51.0 Å². The van der Waals surface area contributed by atoms with Gasteiger partial charge < -0.3 is 9.13 Å². The standard InChI is InChI=1S/C44H26N4/c45-27-31-12-10-22-43-44(31)38-17-4-8-21-42(38)47(43)33-13-9-11-29(26-33)34-24-23-30(25-32(34)28-46)35-14-1-5-18-39(35)48-40-19-6-2-15-36(40)37-16-3-7-20-41(37)48/h1-26H. The minimum atomic E-state index is 0.607. The predicted molar refractivity (Wildman–Crippen MR) is 195 cm³/mol. The third kappa shape index (κ3) is 4.07. The molecule has 0 fully saturated rings. The van der Waals surface area contributed by atoms with Gasteiger partial charge in [0, 0.05) is 32.8 Å². The van der Waals surface area contributed by atoms with Crippen molar-refractivity contribution in [3.63, 3.8) is 0 Å². The van der Waals surface area contributed by atoms with Gasteiger partial charge in [-0.15, -0.1) is 0 Å². The van der Waals surface area contributed by atoms with Gasteiger partial charge in [-0.25, -0.2) is 0 Å². The van der Waals surface area contributed by atoms with E-state index in [1.54, 1.807) is 0 Å². The molecule has 2 heterocycles. The molecule has 0 aliphatic rings. The highest BCUT2D eigenvalue weighted by Gasteiger charge is 2.18. The lowest BCUT2D eigenvalue weighted by molar-refractivity contribution is 1.18. The fraction of sp³-hybridized carbons (Fsp3) is 0. The van der Waals surface area contributed by atoms with Crippen molar-refractivity contribution < 1.29 is 0 Å². The van der Waals surface area contributed by atoms with Crippen molar-refractivity contribution in [3.8, 4) is 45.8 Å². The zero-order valence-corrected chi connectivity index (χ0v) is 25.8. The van der Waals surface area contributed by atoms with E-state index >= 15 is 0 Å². The van der Waals surface area contributed by atoms with E-state index in [-0.39, 0.29) is 0 Å². The van der Waals surface area contributed by atoms with E-state index < -0.39 is 0 Å². The molecule has 0 atom stereocenters. The minimum Gasteiger partial charge on any atom is -0.309 e. The molecule has 0 bridgehead atoms. The fourth-order valence-corrected chi connectivity index (χ4v) is 7.35. The highest BCUT2D eigenvalue weighted by molar-refractivity contribution is 6.12. The van der Waals surface area contributed by atoms with E-state index in [2.05, 4.69) is 143 Å². The number of benzene rings is 7. The molecule has 7 aromatic carbocycles. The lowest BCUT2D eigenvalue weighted by Gasteiger charge is -2.15. The Morgan fingerprint density at radius 2 is 0.979 bits per heavy atom. The number of para-hydroxylation sites is 4. The molecule has 0 radical (unpaired) electrons. The van der Waals surface area contributed by atoms with Crippen LogP contribution in [0.3, 0.4) is 0 Å². The number of aromatic nitrogens is 2. The fourth-order valence-electron chi connectivity index (χ4n) is 7.35. The van der Waals surface area contributed by atoms with Crippen molar-refractivity contribution in [3.05, 3.63) is 169 Å². The van der Waals surface area contributed by atoms with Gasteiger partial charge >= 0.3 is 0 Å². The second kappa shape index (κ2) is 10.9. The quantitative estimate of drug-likeness (QED) is 0.199. The maximum absolute atomic E-state index is 10.5. The summed E-state index contributed by atoms with van der Waals surface area (Å²) in [6, 6.07) is 58.9. The van der Waals surface area contributed by atoms with Crippen LogP contribution < -0.4 is 0 Å². The third-order valence-corrected chi connectivity index (χ3v) is 9.41. The van der Waals surface area contributed by atoms with Crippen molar-refractivity contribution in [2.24, 2.45) is 0 Å². The average molecular weight is 611 g/mol. The second-order valence-electron chi connectivity index (χ2n) is 12.0. The maximum atomic E-state index is 10.5. The molecule has 48 heavy (non-hydrogen) atoms. The Morgan fingerprint density at radius 1 is 0.396 bits per heavy atom. The van der Waals surface area contributed by atoms with Crippen LogP contribution in [-0.2, 0) is 0 Å². The molecule has 9 rings (SSSR count). The van der Waals surface area contributed by atoms with Crippen molar-refractivity contribution >= 4 is 43.6 Å². The van der Waals surface area contributed by atoms with Gasteiger partial charge in [0.25, 0.3) is 0 Å². The molecule has 4 heteroatoms. The van der Waals surface area contributed by atoms with Crippen LogP contribution in [0, 0.1) is 22.7 Å². The first-order valence-electron chi connectivity index (χ1n) is 15.9. The number of rotatable bonds is 4. The van der Waals surface area contributed by atoms with Crippen LogP contribution in [0.1, 0.15) is 11.1 Å². The average Bonchev–Trinajstić information content (AvgIpc) is 3.68. The summed E-state index contributed by atoms with van der Waals surface area (Å²) in [5.41, 5.74) is 11.5. The molecule has 0 aliphatic carbocycles. The van der Waals surface area contributed by atoms with E-state index in [1.165, 1.54) is 10.8 Å². The van der Waals surface area contributed by atoms with E-state index in [0.29, 0.717) is 11.1 Å². The van der Waals surface area contributed by atoms with Gasteiger partial charge in [0.15, 0.2) is 0 Å². The Hall–Kier alpha value is -6.88. The first kappa shape index (κ1) is 27.4. The highest BCUT2D eigenvalue weighted by Crippen LogP contribution is 2.39.